The second kappa shape index (κ2) is 7.38. The van der Waals surface area contributed by atoms with Crippen LogP contribution in [-0.4, -0.2) is 11.8 Å². The van der Waals surface area contributed by atoms with E-state index >= 15 is 0 Å². The molecule has 184 valence electrons. The van der Waals surface area contributed by atoms with Crippen LogP contribution in [0.15, 0.2) is 60.7 Å². The van der Waals surface area contributed by atoms with Gasteiger partial charge in [0.2, 0.25) is 11.8 Å². The maximum Gasteiger partial charge on any atom is 0.238 e. The first-order valence-electron chi connectivity index (χ1n) is 12.8. The van der Waals surface area contributed by atoms with Gasteiger partial charge in [0.05, 0.1) is 17.5 Å². The highest BCUT2D eigenvalue weighted by molar-refractivity contribution is 6.23. The van der Waals surface area contributed by atoms with Crippen LogP contribution in [0.25, 0.3) is 0 Å². The highest BCUT2D eigenvalue weighted by Crippen LogP contribution is 2.62. The van der Waals surface area contributed by atoms with Crippen molar-refractivity contribution in [2.24, 2.45) is 11.8 Å². The molecule has 0 unspecified atom stereocenters. The molecule has 0 radical (unpaired) electrons. The van der Waals surface area contributed by atoms with Crippen molar-refractivity contribution in [3.8, 4) is 0 Å². The minimum absolute atomic E-state index is 0.0281. The minimum atomic E-state index is -0.455. The van der Waals surface area contributed by atoms with E-state index in [1.165, 1.54) is 51.4 Å². The molecule has 1 heterocycles. The number of imide groups is 1. The van der Waals surface area contributed by atoms with Gasteiger partial charge in [0.15, 0.2) is 0 Å². The maximum absolute atomic E-state index is 14.0. The van der Waals surface area contributed by atoms with Crippen LogP contribution in [0.5, 0.6) is 0 Å². The fourth-order valence-corrected chi connectivity index (χ4v) is 6.55. The molecule has 0 N–H and O–H groups in total. The van der Waals surface area contributed by atoms with Crippen LogP contribution in [0.4, 0.5) is 10.1 Å². The molecule has 1 saturated heterocycles. The number of hydrogen-bond acceptors (Lipinski definition) is 2. The van der Waals surface area contributed by atoms with Crippen LogP contribution in [0.3, 0.4) is 0 Å². The summed E-state index contributed by atoms with van der Waals surface area (Å²) in [5.74, 6) is -2.01. The molecule has 4 atom stereocenters. The average molecular weight is 482 g/mol. The van der Waals surface area contributed by atoms with Gasteiger partial charge in [-0.05, 0) is 68.5 Å². The van der Waals surface area contributed by atoms with Gasteiger partial charge >= 0.3 is 0 Å². The van der Waals surface area contributed by atoms with Gasteiger partial charge in [0, 0.05) is 11.8 Å². The van der Waals surface area contributed by atoms with Crippen LogP contribution in [0, 0.1) is 17.7 Å². The number of benzene rings is 3. The number of carbonyl (C=O) groups is 2. The predicted molar refractivity (Wildman–Crippen MR) is 140 cm³/mol. The van der Waals surface area contributed by atoms with Gasteiger partial charge in [-0.1, -0.05) is 77.9 Å². The molecule has 1 aliphatic heterocycles. The van der Waals surface area contributed by atoms with E-state index in [9.17, 15) is 14.0 Å². The highest BCUT2D eigenvalue weighted by atomic mass is 19.1. The number of halogens is 1. The Labute approximate surface area is 212 Å². The van der Waals surface area contributed by atoms with E-state index in [2.05, 4.69) is 77.9 Å². The summed E-state index contributed by atoms with van der Waals surface area (Å²) in [5, 5.41) is 0. The summed E-state index contributed by atoms with van der Waals surface area (Å²) in [6.45, 7) is 13.2. The van der Waals surface area contributed by atoms with Crippen molar-refractivity contribution in [2.75, 3.05) is 4.90 Å². The fourth-order valence-electron chi connectivity index (χ4n) is 6.55. The number of amides is 2. The topological polar surface area (TPSA) is 37.4 Å². The molecule has 4 aliphatic rings. The molecular weight excluding hydrogens is 449 g/mol. The van der Waals surface area contributed by atoms with E-state index in [1.807, 2.05) is 0 Å². The smallest absolute Gasteiger partial charge is 0.238 e. The predicted octanol–water partition coefficient (Wildman–Crippen LogP) is 6.82. The van der Waals surface area contributed by atoms with Crippen LogP contribution >= 0.6 is 0 Å². The Morgan fingerprint density at radius 1 is 0.611 bits per heavy atom. The Hall–Kier alpha value is -3.27. The van der Waals surface area contributed by atoms with Crippen LogP contribution in [0.1, 0.15) is 86.8 Å². The fraction of sp³-hybridized carbons (Fsp3) is 0.375. The molecule has 7 rings (SSSR count). The van der Waals surface area contributed by atoms with E-state index < -0.39 is 11.8 Å². The molecule has 2 bridgehead atoms. The standard InChI is InChI=1S/C32H32FNO2/c1-31(2,3)17-7-13-21-23(15-17)25-22-14-8-18(32(4,5)6)16-24(22)26(21)28-27(25)29(35)34(30(28)36)20-11-9-19(33)10-12-20/h7-16,25-28H,1-6H3/t25-,26-,27-,28-/m1/s1. The lowest BCUT2D eigenvalue weighted by molar-refractivity contribution is -0.122. The zero-order valence-electron chi connectivity index (χ0n) is 21.7. The zero-order valence-corrected chi connectivity index (χ0v) is 21.7. The summed E-state index contributed by atoms with van der Waals surface area (Å²) in [4.78, 5) is 29.2. The number of carbonyl (C=O) groups excluding carboxylic acids is 2. The molecule has 3 aliphatic carbocycles. The van der Waals surface area contributed by atoms with Crippen molar-refractivity contribution >= 4 is 17.5 Å². The van der Waals surface area contributed by atoms with E-state index in [1.54, 1.807) is 0 Å². The van der Waals surface area contributed by atoms with Crippen molar-refractivity contribution < 1.29 is 14.0 Å². The van der Waals surface area contributed by atoms with Gasteiger partial charge in [0.1, 0.15) is 5.82 Å². The molecule has 3 aromatic carbocycles. The van der Waals surface area contributed by atoms with E-state index in [-0.39, 0.29) is 40.3 Å². The van der Waals surface area contributed by atoms with Gasteiger partial charge in [-0.2, -0.15) is 0 Å². The molecule has 3 nitrogen and oxygen atoms in total. The first-order chi connectivity index (χ1) is 16.9. The Bertz CT molecular complexity index is 1340. The molecule has 4 heteroatoms. The quantitative estimate of drug-likeness (QED) is 0.358. The van der Waals surface area contributed by atoms with Crippen molar-refractivity contribution in [3.05, 3.63) is 99.9 Å². The number of anilines is 1. The van der Waals surface area contributed by atoms with Crippen molar-refractivity contribution in [1.29, 1.82) is 0 Å². The summed E-state index contributed by atoms with van der Waals surface area (Å²) in [6, 6.07) is 18.9. The first kappa shape index (κ1) is 23.1. The molecule has 0 spiro atoms. The summed E-state index contributed by atoms with van der Waals surface area (Å²) in [6.07, 6.45) is 0. The van der Waals surface area contributed by atoms with E-state index in [0.717, 1.165) is 11.1 Å². The zero-order chi connectivity index (χ0) is 25.7. The third-order valence-electron chi connectivity index (χ3n) is 8.45. The highest BCUT2D eigenvalue weighted by Gasteiger charge is 2.62. The average Bonchev–Trinajstić information content (AvgIpc) is 3.08. The summed E-state index contributed by atoms with van der Waals surface area (Å²) < 4.78 is 13.6. The van der Waals surface area contributed by atoms with Gasteiger partial charge < -0.3 is 0 Å². The van der Waals surface area contributed by atoms with Crippen molar-refractivity contribution in [1.82, 2.24) is 0 Å². The van der Waals surface area contributed by atoms with Crippen molar-refractivity contribution in [3.63, 3.8) is 0 Å². The van der Waals surface area contributed by atoms with Crippen LogP contribution in [0.2, 0.25) is 0 Å². The molecule has 0 saturated carbocycles. The minimum Gasteiger partial charge on any atom is -0.274 e. The SMILES string of the molecule is CC(C)(C)c1ccc2c(c1)[C@H]1c3ccc(C(C)(C)C)cc3[C@@H]2[C@H]2C(=O)N(c3ccc(F)cc3)C(=O)[C@H]12. The second-order valence-electron chi connectivity index (χ2n) is 12.7. The third-order valence-corrected chi connectivity index (χ3v) is 8.45. The monoisotopic (exact) mass is 481 g/mol. The number of nitrogens with zero attached hydrogens (tertiary/aromatic N) is 1. The Kier molecular flexibility index (Phi) is 4.74. The largest absolute Gasteiger partial charge is 0.274 e. The number of rotatable bonds is 1. The van der Waals surface area contributed by atoms with Gasteiger partial charge in [-0.25, -0.2) is 9.29 Å². The third kappa shape index (κ3) is 3.16. The lowest BCUT2D eigenvalue weighted by Crippen LogP contribution is -2.42. The van der Waals surface area contributed by atoms with Gasteiger partial charge in [0.25, 0.3) is 0 Å². The molecule has 3 aromatic rings. The van der Waals surface area contributed by atoms with E-state index in [0.29, 0.717) is 5.69 Å². The second-order valence-corrected chi connectivity index (χ2v) is 12.7. The normalized spacial score (nSPS) is 24.6. The summed E-state index contributed by atoms with van der Waals surface area (Å²) in [5.41, 5.74) is 7.51. The number of hydrogen-bond donors (Lipinski definition) is 0. The molecule has 2 amide bonds. The van der Waals surface area contributed by atoms with Crippen molar-refractivity contribution in [2.45, 2.75) is 64.2 Å². The Morgan fingerprint density at radius 2 is 1.03 bits per heavy atom. The van der Waals surface area contributed by atoms with Crippen LogP contribution < -0.4 is 4.90 Å². The molecule has 0 aromatic heterocycles. The van der Waals surface area contributed by atoms with Crippen LogP contribution in [-0.2, 0) is 20.4 Å². The molecular formula is C32H32FNO2. The maximum atomic E-state index is 14.0. The van der Waals surface area contributed by atoms with Gasteiger partial charge in [-0.15, -0.1) is 0 Å². The van der Waals surface area contributed by atoms with Gasteiger partial charge in [-0.3, -0.25) is 9.59 Å². The first-order valence-corrected chi connectivity index (χ1v) is 12.8. The molecule has 36 heavy (non-hydrogen) atoms. The Balaban J connectivity index is 1.57. The lowest BCUT2D eigenvalue weighted by Gasteiger charge is -2.47. The summed E-state index contributed by atoms with van der Waals surface area (Å²) in [7, 11) is 0. The Morgan fingerprint density at radius 3 is 1.42 bits per heavy atom. The summed E-state index contributed by atoms with van der Waals surface area (Å²) >= 11 is 0. The lowest BCUT2D eigenvalue weighted by atomic mass is 9.54. The van der Waals surface area contributed by atoms with E-state index in [4.69, 9.17) is 0 Å². The molecule has 1 fully saturated rings.